The average molecular weight is 416 g/mol. The fraction of sp³-hybridized carbons (Fsp3) is 0.0833. The van der Waals surface area contributed by atoms with Gasteiger partial charge in [-0.3, -0.25) is 0 Å². The third-order valence-electron chi connectivity index (χ3n) is 4.95. The molecule has 4 rings (SSSR count). The van der Waals surface area contributed by atoms with Crippen LogP contribution < -0.4 is 16.4 Å². The van der Waals surface area contributed by atoms with Crippen LogP contribution in [-0.4, -0.2) is 9.97 Å². The molecular formula is C24H22ClN5. The summed E-state index contributed by atoms with van der Waals surface area (Å²) in [6, 6.07) is 26.0. The number of nitrogen functional groups attached to an aromatic ring is 1. The van der Waals surface area contributed by atoms with Gasteiger partial charge in [0.2, 0.25) is 0 Å². The van der Waals surface area contributed by atoms with Gasteiger partial charge in [-0.1, -0.05) is 78.3 Å². The van der Waals surface area contributed by atoms with Gasteiger partial charge in [0.1, 0.15) is 12.0 Å². The average Bonchev–Trinajstić information content (AvgIpc) is 2.78. The van der Waals surface area contributed by atoms with Gasteiger partial charge in [-0.15, -0.1) is 0 Å². The lowest BCUT2D eigenvalue weighted by molar-refractivity contribution is 0.924. The molecule has 0 bridgehead atoms. The molecule has 0 atom stereocenters. The summed E-state index contributed by atoms with van der Waals surface area (Å²) in [4.78, 5) is 8.73. The summed E-state index contributed by atoms with van der Waals surface area (Å²) in [6.45, 7) is 1.95. The number of aromatic nitrogens is 2. The highest BCUT2D eigenvalue weighted by atomic mass is 35.5. The van der Waals surface area contributed by atoms with Crippen LogP contribution in [0.2, 0.25) is 5.02 Å². The molecule has 4 aromatic rings. The van der Waals surface area contributed by atoms with Gasteiger partial charge in [-0.2, -0.15) is 0 Å². The van der Waals surface area contributed by atoms with Gasteiger partial charge in [0.25, 0.3) is 0 Å². The van der Waals surface area contributed by atoms with Gasteiger partial charge in [-0.25, -0.2) is 9.97 Å². The van der Waals surface area contributed by atoms with E-state index >= 15 is 0 Å². The lowest BCUT2D eigenvalue weighted by atomic mass is 9.99. The van der Waals surface area contributed by atoms with E-state index in [4.69, 9.17) is 17.3 Å². The van der Waals surface area contributed by atoms with Crippen LogP contribution in [0.3, 0.4) is 0 Å². The summed E-state index contributed by atoms with van der Waals surface area (Å²) in [5.41, 5.74) is 10.9. The lowest BCUT2D eigenvalue weighted by Crippen LogP contribution is -2.15. The molecule has 1 aromatic heterocycles. The van der Waals surface area contributed by atoms with Crippen molar-refractivity contribution in [3.05, 3.63) is 107 Å². The first-order valence-electron chi connectivity index (χ1n) is 9.62. The second-order valence-electron chi connectivity index (χ2n) is 6.92. The number of rotatable bonds is 6. The Hall–Kier alpha value is -3.57. The predicted octanol–water partition coefficient (Wildman–Crippen LogP) is 5.97. The van der Waals surface area contributed by atoms with E-state index in [1.807, 2.05) is 61.5 Å². The van der Waals surface area contributed by atoms with Crippen molar-refractivity contribution in [2.75, 3.05) is 16.4 Å². The van der Waals surface area contributed by atoms with Crippen LogP contribution in [0.5, 0.6) is 0 Å². The standard InChI is InChI=1S/C24H22ClN5/c1-16-19(25)13-8-14-20(16)29-23-21(26)24(28-15-27-23)30-22(17-9-4-2-5-10-17)18-11-6-3-7-12-18/h2-15,22H,26H2,1H3,(H2,27,28,29,30). The van der Waals surface area contributed by atoms with E-state index in [0.717, 1.165) is 22.4 Å². The van der Waals surface area contributed by atoms with Crippen LogP contribution in [-0.2, 0) is 0 Å². The zero-order valence-electron chi connectivity index (χ0n) is 16.5. The molecule has 5 nitrogen and oxygen atoms in total. The summed E-state index contributed by atoms with van der Waals surface area (Å²) < 4.78 is 0. The van der Waals surface area contributed by atoms with Crippen molar-refractivity contribution in [1.82, 2.24) is 9.97 Å². The molecule has 0 spiro atoms. The molecule has 0 aliphatic rings. The quantitative estimate of drug-likeness (QED) is 0.362. The van der Waals surface area contributed by atoms with Gasteiger partial charge in [0.05, 0.1) is 6.04 Å². The molecule has 0 aliphatic heterocycles. The predicted molar refractivity (Wildman–Crippen MR) is 124 cm³/mol. The van der Waals surface area contributed by atoms with Crippen LogP contribution in [0.1, 0.15) is 22.7 Å². The summed E-state index contributed by atoms with van der Waals surface area (Å²) in [6.07, 6.45) is 1.49. The monoisotopic (exact) mass is 415 g/mol. The SMILES string of the molecule is Cc1c(Cl)cccc1Nc1ncnc(NC(c2ccccc2)c2ccccc2)c1N. The van der Waals surface area contributed by atoms with Gasteiger partial charge >= 0.3 is 0 Å². The maximum absolute atomic E-state index is 6.44. The Morgan fingerprint density at radius 2 is 1.40 bits per heavy atom. The van der Waals surface area contributed by atoms with E-state index in [0.29, 0.717) is 22.3 Å². The van der Waals surface area contributed by atoms with Crippen molar-refractivity contribution >= 4 is 34.6 Å². The molecule has 0 radical (unpaired) electrons. The third kappa shape index (κ3) is 4.21. The highest BCUT2D eigenvalue weighted by molar-refractivity contribution is 6.31. The van der Waals surface area contributed by atoms with Crippen LogP contribution in [0, 0.1) is 6.92 Å². The van der Waals surface area contributed by atoms with Gasteiger partial charge in [0.15, 0.2) is 11.6 Å². The molecule has 0 saturated heterocycles. The molecule has 0 saturated carbocycles. The number of benzene rings is 3. The zero-order chi connectivity index (χ0) is 20.9. The fourth-order valence-corrected chi connectivity index (χ4v) is 3.44. The number of hydrogen-bond donors (Lipinski definition) is 3. The first-order chi connectivity index (χ1) is 14.6. The molecule has 1 heterocycles. The van der Waals surface area contributed by atoms with E-state index in [9.17, 15) is 0 Å². The van der Waals surface area contributed by atoms with E-state index in [-0.39, 0.29) is 6.04 Å². The molecular weight excluding hydrogens is 394 g/mol. The molecule has 0 fully saturated rings. The third-order valence-corrected chi connectivity index (χ3v) is 5.36. The fourth-order valence-electron chi connectivity index (χ4n) is 3.27. The molecule has 150 valence electrons. The minimum absolute atomic E-state index is 0.106. The number of hydrogen-bond acceptors (Lipinski definition) is 5. The van der Waals surface area contributed by atoms with Crippen molar-refractivity contribution in [2.24, 2.45) is 0 Å². The molecule has 0 unspecified atom stereocenters. The molecule has 4 N–H and O–H groups in total. The van der Waals surface area contributed by atoms with Crippen LogP contribution in [0.15, 0.2) is 85.2 Å². The van der Waals surface area contributed by atoms with Crippen molar-refractivity contribution in [3.63, 3.8) is 0 Å². The summed E-state index contributed by atoms with van der Waals surface area (Å²) in [7, 11) is 0. The minimum atomic E-state index is -0.106. The van der Waals surface area contributed by atoms with Crippen molar-refractivity contribution in [3.8, 4) is 0 Å². The first kappa shape index (κ1) is 19.7. The number of halogens is 1. The second kappa shape index (κ2) is 8.84. The largest absolute Gasteiger partial charge is 0.393 e. The van der Waals surface area contributed by atoms with Gasteiger partial charge in [0, 0.05) is 10.7 Å². The number of nitrogens with two attached hydrogens (primary N) is 1. The molecule has 30 heavy (non-hydrogen) atoms. The van der Waals surface area contributed by atoms with Crippen molar-refractivity contribution in [2.45, 2.75) is 13.0 Å². The van der Waals surface area contributed by atoms with Crippen LogP contribution in [0.25, 0.3) is 0 Å². The maximum atomic E-state index is 6.44. The Balaban J connectivity index is 1.68. The van der Waals surface area contributed by atoms with Crippen molar-refractivity contribution in [1.29, 1.82) is 0 Å². The Morgan fingerprint density at radius 1 is 0.800 bits per heavy atom. The lowest BCUT2D eigenvalue weighted by Gasteiger charge is -2.22. The normalized spacial score (nSPS) is 10.8. The Morgan fingerprint density at radius 3 is 2.03 bits per heavy atom. The number of anilines is 4. The molecule has 6 heteroatoms. The first-order valence-corrected chi connectivity index (χ1v) is 10.0. The van der Waals surface area contributed by atoms with E-state index in [1.54, 1.807) is 0 Å². The Kier molecular flexibility index (Phi) is 5.82. The summed E-state index contributed by atoms with van der Waals surface area (Å²) in [5, 5.41) is 7.44. The van der Waals surface area contributed by atoms with Gasteiger partial charge < -0.3 is 16.4 Å². The number of nitrogens with zero attached hydrogens (tertiary/aromatic N) is 2. The van der Waals surface area contributed by atoms with Gasteiger partial charge in [-0.05, 0) is 35.7 Å². The smallest absolute Gasteiger partial charge is 0.159 e. The van der Waals surface area contributed by atoms with Crippen LogP contribution >= 0.6 is 11.6 Å². The second-order valence-corrected chi connectivity index (χ2v) is 7.33. The van der Waals surface area contributed by atoms with E-state index in [1.165, 1.54) is 6.33 Å². The zero-order valence-corrected chi connectivity index (χ0v) is 17.3. The number of nitrogens with one attached hydrogen (secondary N) is 2. The highest BCUT2D eigenvalue weighted by Crippen LogP contribution is 2.33. The molecule has 0 aliphatic carbocycles. The minimum Gasteiger partial charge on any atom is -0.393 e. The van der Waals surface area contributed by atoms with Crippen LogP contribution in [0.4, 0.5) is 23.0 Å². The summed E-state index contributed by atoms with van der Waals surface area (Å²) in [5.74, 6) is 1.09. The Labute approximate surface area is 181 Å². The topological polar surface area (TPSA) is 75.9 Å². The summed E-state index contributed by atoms with van der Waals surface area (Å²) >= 11 is 6.24. The highest BCUT2D eigenvalue weighted by Gasteiger charge is 2.17. The Bertz CT molecular complexity index is 1090. The van der Waals surface area contributed by atoms with E-state index in [2.05, 4.69) is 44.9 Å². The molecule has 3 aromatic carbocycles. The molecule has 0 amide bonds. The van der Waals surface area contributed by atoms with Crippen molar-refractivity contribution < 1.29 is 0 Å². The van der Waals surface area contributed by atoms with E-state index < -0.39 is 0 Å². The maximum Gasteiger partial charge on any atom is 0.159 e.